The van der Waals surface area contributed by atoms with Crippen LogP contribution in [0.15, 0.2) is 12.1 Å². The SMILES string of the molecule is O=[N+]([O-])c1cc(Cl)c(F)cc1NCC1CCSCC1. The van der Waals surface area contributed by atoms with Crippen molar-refractivity contribution >= 4 is 34.7 Å². The van der Waals surface area contributed by atoms with E-state index in [-0.39, 0.29) is 16.4 Å². The van der Waals surface area contributed by atoms with E-state index < -0.39 is 10.7 Å². The Balaban J connectivity index is 2.09. The summed E-state index contributed by atoms with van der Waals surface area (Å²) in [7, 11) is 0. The molecular weight excluding hydrogens is 291 g/mol. The summed E-state index contributed by atoms with van der Waals surface area (Å²) in [5.41, 5.74) is 0.0155. The zero-order valence-electron chi connectivity index (χ0n) is 10.2. The zero-order valence-corrected chi connectivity index (χ0v) is 11.8. The first-order chi connectivity index (χ1) is 9.08. The molecule has 1 N–H and O–H groups in total. The minimum Gasteiger partial charge on any atom is -0.379 e. The molecule has 19 heavy (non-hydrogen) atoms. The molecule has 1 heterocycles. The zero-order chi connectivity index (χ0) is 13.8. The summed E-state index contributed by atoms with van der Waals surface area (Å²) in [5.74, 6) is 2.07. The van der Waals surface area contributed by atoms with Crippen molar-refractivity contribution in [2.75, 3.05) is 23.4 Å². The number of benzene rings is 1. The van der Waals surface area contributed by atoms with Gasteiger partial charge in [-0.05, 0) is 30.3 Å². The van der Waals surface area contributed by atoms with E-state index in [1.807, 2.05) is 11.8 Å². The molecule has 2 rings (SSSR count). The lowest BCUT2D eigenvalue weighted by Crippen LogP contribution is -2.19. The summed E-state index contributed by atoms with van der Waals surface area (Å²) in [6, 6.07) is 2.15. The highest BCUT2D eigenvalue weighted by Crippen LogP contribution is 2.31. The fraction of sp³-hybridized carbons (Fsp3) is 0.500. The van der Waals surface area contributed by atoms with Gasteiger partial charge in [-0.15, -0.1) is 0 Å². The number of anilines is 1. The maximum atomic E-state index is 13.4. The van der Waals surface area contributed by atoms with Crippen LogP contribution in [-0.2, 0) is 0 Å². The highest BCUT2D eigenvalue weighted by Gasteiger charge is 2.19. The van der Waals surface area contributed by atoms with Gasteiger partial charge in [0.05, 0.1) is 9.95 Å². The van der Waals surface area contributed by atoms with Crippen molar-refractivity contribution in [1.29, 1.82) is 0 Å². The van der Waals surface area contributed by atoms with Crippen LogP contribution >= 0.6 is 23.4 Å². The molecule has 4 nitrogen and oxygen atoms in total. The average molecular weight is 305 g/mol. The first-order valence-electron chi connectivity index (χ1n) is 6.03. The van der Waals surface area contributed by atoms with Crippen LogP contribution < -0.4 is 5.32 Å². The van der Waals surface area contributed by atoms with Gasteiger partial charge in [0.15, 0.2) is 0 Å². The van der Waals surface area contributed by atoms with Gasteiger partial charge in [0.1, 0.15) is 11.5 Å². The molecule has 1 aromatic rings. The van der Waals surface area contributed by atoms with Gasteiger partial charge in [-0.2, -0.15) is 11.8 Å². The quantitative estimate of drug-likeness (QED) is 0.676. The van der Waals surface area contributed by atoms with Gasteiger partial charge in [-0.1, -0.05) is 11.6 Å². The summed E-state index contributed by atoms with van der Waals surface area (Å²) in [4.78, 5) is 10.4. The molecule has 0 saturated carbocycles. The van der Waals surface area contributed by atoms with E-state index in [1.165, 1.54) is 0 Å². The van der Waals surface area contributed by atoms with Crippen molar-refractivity contribution < 1.29 is 9.31 Å². The van der Waals surface area contributed by atoms with Crippen molar-refractivity contribution in [3.63, 3.8) is 0 Å². The van der Waals surface area contributed by atoms with Gasteiger partial charge in [0.2, 0.25) is 0 Å². The number of nitrogens with zero attached hydrogens (tertiary/aromatic N) is 1. The Morgan fingerprint density at radius 3 is 2.79 bits per heavy atom. The molecule has 1 aromatic carbocycles. The molecule has 0 radical (unpaired) electrons. The van der Waals surface area contributed by atoms with Crippen molar-refractivity contribution in [1.82, 2.24) is 0 Å². The third-order valence-electron chi connectivity index (χ3n) is 3.16. The summed E-state index contributed by atoms with van der Waals surface area (Å²) >= 11 is 7.49. The Bertz CT molecular complexity index is 481. The van der Waals surface area contributed by atoms with Gasteiger partial charge >= 0.3 is 0 Å². The Morgan fingerprint density at radius 1 is 1.47 bits per heavy atom. The highest BCUT2D eigenvalue weighted by atomic mass is 35.5. The normalized spacial score (nSPS) is 16.3. The fourth-order valence-electron chi connectivity index (χ4n) is 2.03. The lowest BCUT2D eigenvalue weighted by atomic mass is 10.0. The van der Waals surface area contributed by atoms with Crippen LogP contribution in [0.5, 0.6) is 0 Å². The van der Waals surface area contributed by atoms with E-state index in [9.17, 15) is 14.5 Å². The minimum absolute atomic E-state index is 0.184. The maximum absolute atomic E-state index is 13.4. The number of nitro groups is 1. The van der Waals surface area contributed by atoms with Crippen molar-refractivity contribution in [3.8, 4) is 0 Å². The van der Waals surface area contributed by atoms with Crippen LogP contribution in [-0.4, -0.2) is 23.0 Å². The largest absolute Gasteiger partial charge is 0.379 e. The first kappa shape index (κ1) is 14.4. The third kappa shape index (κ3) is 3.73. The molecule has 1 fully saturated rings. The molecule has 104 valence electrons. The minimum atomic E-state index is -0.644. The number of hydrogen-bond acceptors (Lipinski definition) is 4. The summed E-state index contributed by atoms with van der Waals surface area (Å²) < 4.78 is 13.4. The van der Waals surface area contributed by atoms with E-state index in [0.717, 1.165) is 36.5 Å². The first-order valence-corrected chi connectivity index (χ1v) is 7.56. The Labute approximate surface area is 119 Å². The molecular formula is C12H14ClFN2O2S. The van der Waals surface area contributed by atoms with E-state index in [2.05, 4.69) is 5.32 Å². The van der Waals surface area contributed by atoms with Crippen LogP contribution in [0.2, 0.25) is 5.02 Å². The number of nitrogens with one attached hydrogen (secondary N) is 1. The van der Waals surface area contributed by atoms with Crippen LogP contribution in [0, 0.1) is 21.8 Å². The van der Waals surface area contributed by atoms with Crippen LogP contribution in [0.25, 0.3) is 0 Å². The maximum Gasteiger partial charge on any atom is 0.294 e. The highest BCUT2D eigenvalue weighted by molar-refractivity contribution is 7.99. The number of rotatable bonds is 4. The molecule has 0 spiro atoms. The van der Waals surface area contributed by atoms with Gasteiger partial charge in [0.25, 0.3) is 5.69 Å². The molecule has 0 aromatic heterocycles. The predicted octanol–water partition coefficient (Wildman–Crippen LogP) is 3.94. The molecule has 0 unspecified atom stereocenters. The number of thioether (sulfide) groups is 1. The Kier molecular flexibility index (Phi) is 4.87. The molecule has 0 aliphatic carbocycles. The summed E-state index contributed by atoms with van der Waals surface area (Å²) in [6.45, 7) is 0.627. The van der Waals surface area contributed by atoms with Gasteiger partial charge in [-0.3, -0.25) is 10.1 Å². The number of nitro benzene ring substituents is 1. The van der Waals surface area contributed by atoms with Gasteiger partial charge in [0, 0.05) is 18.7 Å². The molecule has 0 atom stereocenters. The van der Waals surface area contributed by atoms with Crippen LogP contribution in [0.4, 0.5) is 15.8 Å². The molecule has 1 aliphatic heterocycles. The second-order valence-corrected chi connectivity index (χ2v) is 6.11. The van der Waals surface area contributed by atoms with E-state index in [0.29, 0.717) is 12.5 Å². The lowest BCUT2D eigenvalue weighted by molar-refractivity contribution is -0.384. The standard InChI is InChI=1S/C12H14ClFN2O2S/c13-9-5-12(16(17)18)11(6-10(9)14)15-7-8-1-3-19-4-2-8/h5-6,8,15H,1-4,7H2. The Morgan fingerprint density at radius 2 is 2.16 bits per heavy atom. The van der Waals surface area contributed by atoms with E-state index in [4.69, 9.17) is 11.6 Å². The lowest BCUT2D eigenvalue weighted by Gasteiger charge is -2.22. The van der Waals surface area contributed by atoms with E-state index in [1.54, 1.807) is 0 Å². The van der Waals surface area contributed by atoms with Crippen LogP contribution in [0.3, 0.4) is 0 Å². The second kappa shape index (κ2) is 6.43. The Hall–Kier alpha value is -1.01. The van der Waals surface area contributed by atoms with E-state index >= 15 is 0 Å². The topological polar surface area (TPSA) is 55.2 Å². The van der Waals surface area contributed by atoms with Crippen molar-refractivity contribution in [2.24, 2.45) is 5.92 Å². The molecule has 1 saturated heterocycles. The second-order valence-electron chi connectivity index (χ2n) is 4.48. The average Bonchev–Trinajstić information content (AvgIpc) is 2.40. The van der Waals surface area contributed by atoms with Crippen molar-refractivity contribution in [2.45, 2.75) is 12.8 Å². The summed E-state index contributed by atoms with van der Waals surface area (Å²) in [5, 5.41) is 13.7. The molecule has 7 heteroatoms. The number of halogens is 2. The van der Waals surface area contributed by atoms with Gasteiger partial charge in [-0.25, -0.2) is 4.39 Å². The predicted molar refractivity (Wildman–Crippen MR) is 76.6 cm³/mol. The van der Waals surface area contributed by atoms with Crippen LogP contribution in [0.1, 0.15) is 12.8 Å². The van der Waals surface area contributed by atoms with Crippen molar-refractivity contribution in [3.05, 3.63) is 33.1 Å². The monoisotopic (exact) mass is 304 g/mol. The molecule has 0 amide bonds. The van der Waals surface area contributed by atoms with Gasteiger partial charge < -0.3 is 5.32 Å². The third-order valence-corrected chi connectivity index (χ3v) is 4.50. The summed E-state index contributed by atoms with van der Waals surface area (Å²) in [6.07, 6.45) is 2.17. The molecule has 1 aliphatic rings. The molecule has 0 bridgehead atoms. The fourth-order valence-corrected chi connectivity index (χ4v) is 3.40. The number of hydrogen-bond donors (Lipinski definition) is 1. The smallest absolute Gasteiger partial charge is 0.294 e.